The molecule has 1 aromatic rings. The second kappa shape index (κ2) is 6.80. The van der Waals surface area contributed by atoms with Crippen molar-refractivity contribution in [1.82, 2.24) is 10.1 Å². The van der Waals surface area contributed by atoms with E-state index in [0.29, 0.717) is 24.7 Å². The summed E-state index contributed by atoms with van der Waals surface area (Å²) in [7, 11) is 0. The van der Waals surface area contributed by atoms with Crippen LogP contribution in [-0.2, 0) is 9.53 Å². The standard InChI is InChI=1S/C14H22N2O3/c1-3-12(18-4-2)13-15-14(19-16-13)10-8-6-5-7-9-11(10)17/h10,12H,3-9H2,1-2H3. The molecule has 0 amide bonds. The Morgan fingerprint density at radius 1 is 1.37 bits per heavy atom. The second-order valence-corrected chi connectivity index (χ2v) is 4.96. The number of rotatable bonds is 5. The summed E-state index contributed by atoms with van der Waals surface area (Å²) in [6.45, 7) is 4.58. The van der Waals surface area contributed by atoms with Gasteiger partial charge in [0, 0.05) is 13.0 Å². The third-order valence-corrected chi connectivity index (χ3v) is 3.59. The van der Waals surface area contributed by atoms with Crippen LogP contribution in [0, 0.1) is 0 Å². The first-order chi connectivity index (χ1) is 9.26. The number of carbonyl (C=O) groups excluding carboxylic acids is 1. The Balaban J connectivity index is 2.12. The maximum atomic E-state index is 12.0. The van der Waals surface area contributed by atoms with Gasteiger partial charge in [-0.05, 0) is 26.2 Å². The van der Waals surface area contributed by atoms with E-state index in [0.717, 1.165) is 32.1 Å². The highest BCUT2D eigenvalue weighted by Crippen LogP contribution is 2.29. The van der Waals surface area contributed by atoms with Gasteiger partial charge >= 0.3 is 0 Å². The Bertz CT molecular complexity index is 417. The van der Waals surface area contributed by atoms with Crippen LogP contribution in [0.4, 0.5) is 0 Å². The number of hydrogen-bond donors (Lipinski definition) is 0. The van der Waals surface area contributed by atoms with Crippen molar-refractivity contribution in [3.8, 4) is 0 Å². The van der Waals surface area contributed by atoms with Gasteiger partial charge in [-0.1, -0.05) is 24.9 Å². The summed E-state index contributed by atoms with van der Waals surface area (Å²) >= 11 is 0. The summed E-state index contributed by atoms with van der Waals surface area (Å²) in [6.07, 6.45) is 5.26. The molecule has 0 radical (unpaired) electrons. The Labute approximate surface area is 113 Å². The molecule has 1 aromatic heterocycles. The van der Waals surface area contributed by atoms with Gasteiger partial charge in [-0.15, -0.1) is 0 Å². The normalized spacial score (nSPS) is 22.2. The lowest BCUT2D eigenvalue weighted by Gasteiger charge is -2.09. The van der Waals surface area contributed by atoms with Crippen LogP contribution in [0.1, 0.15) is 76.1 Å². The van der Waals surface area contributed by atoms with Crippen LogP contribution in [0.2, 0.25) is 0 Å². The van der Waals surface area contributed by atoms with E-state index < -0.39 is 0 Å². The lowest BCUT2D eigenvalue weighted by atomic mass is 9.99. The first kappa shape index (κ1) is 14.2. The number of ketones is 1. The summed E-state index contributed by atoms with van der Waals surface area (Å²) < 4.78 is 10.9. The zero-order chi connectivity index (χ0) is 13.7. The van der Waals surface area contributed by atoms with Gasteiger partial charge in [0.05, 0.1) is 5.92 Å². The van der Waals surface area contributed by atoms with Crippen molar-refractivity contribution in [2.24, 2.45) is 0 Å². The molecule has 2 atom stereocenters. The van der Waals surface area contributed by atoms with Crippen LogP contribution in [0.25, 0.3) is 0 Å². The average molecular weight is 266 g/mol. The van der Waals surface area contributed by atoms with Crippen LogP contribution >= 0.6 is 0 Å². The van der Waals surface area contributed by atoms with Gasteiger partial charge < -0.3 is 9.26 Å². The third-order valence-electron chi connectivity index (χ3n) is 3.59. The van der Waals surface area contributed by atoms with Crippen molar-refractivity contribution >= 4 is 5.78 Å². The summed E-state index contributed by atoms with van der Waals surface area (Å²) in [6, 6.07) is 0. The Morgan fingerprint density at radius 3 is 2.95 bits per heavy atom. The smallest absolute Gasteiger partial charge is 0.237 e. The van der Waals surface area contributed by atoms with Gasteiger partial charge in [-0.3, -0.25) is 4.79 Å². The molecular weight excluding hydrogens is 244 g/mol. The summed E-state index contributed by atoms with van der Waals surface area (Å²) in [5, 5.41) is 3.98. The highest BCUT2D eigenvalue weighted by molar-refractivity contribution is 5.84. The summed E-state index contributed by atoms with van der Waals surface area (Å²) in [5.74, 6) is 1.07. The van der Waals surface area contributed by atoms with Crippen molar-refractivity contribution in [2.75, 3.05) is 6.61 Å². The van der Waals surface area contributed by atoms with Gasteiger partial charge in [-0.2, -0.15) is 4.98 Å². The largest absolute Gasteiger partial charge is 0.370 e. The molecule has 1 fully saturated rings. The van der Waals surface area contributed by atoms with E-state index in [9.17, 15) is 4.79 Å². The van der Waals surface area contributed by atoms with Crippen LogP contribution < -0.4 is 0 Å². The lowest BCUT2D eigenvalue weighted by molar-refractivity contribution is -0.120. The number of ether oxygens (including phenoxy) is 1. The summed E-state index contributed by atoms with van der Waals surface area (Å²) in [5.41, 5.74) is 0. The molecule has 0 spiro atoms. The monoisotopic (exact) mass is 266 g/mol. The Hall–Kier alpha value is -1.23. The Morgan fingerprint density at radius 2 is 2.21 bits per heavy atom. The minimum Gasteiger partial charge on any atom is -0.370 e. The van der Waals surface area contributed by atoms with E-state index in [4.69, 9.17) is 9.26 Å². The van der Waals surface area contributed by atoms with Crippen molar-refractivity contribution in [1.29, 1.82) is 0 Å². The molecule has 0 bridgehead atoms. The molecule has 5 heteroatoms. The zero-order valence-corrected chi connectivity index (χ0v) is 11.7. The van der Waals surface area contributed by atoms with Gasteiger partial charge in [0.25, 0.3) is 0 Å². The second-order valence-electron chi connectivity index (χ2n) is 4.96. The van der Waals surface area contributed by atoms with Crippen LogP contribution in [-0.4, -0.2) is 22.5 Å². The summed E-state index contributed by atoms with van der Waals surface area (Å²) in [4.78, 5) is 16.4. The number of carbonyl (C=O) groups is 1. The van der Waals surface area contributed by atoms with Gasteiger partial charge in [-0.25, -0.2) is 0 Å². The van der Waals surface area contributed by atoms with Crippen molar-refractivity contribution in [3.05, 3.63) is 11.7 Å². The quantitative estimate of drug-likeness (QED) is 0.766. The van der Waals surface area contributed by atoms with E-state index in [-0.39, 0.29) is 17.8 Å². The van der Waals surface area contributed by atoms with E-state index in [1.807, 2.05) is 13.8 Å². The SMILES string of the molecule is CCOC(CC)c1noc(C2CCCCCC2=O)n1. The molecule has 1 aliphatic carbocycles. The first-order valence-corrected chi connectivity index (χ1v) is 7.24. The predicted octanol–water partition coefficient (Wildman–Crippen LogP) is 3.17. The van der Waals surface area contributed by atoms with E-state index in [1.54, 1.807) is 0 Å². The van der Waals surface area contributed by atoms with Crippen LogP contribution in [0.3, 0.4) is 0 Å². The molecule has 0 saturated heterocycles. The fourth-order valence-corrected chi connectivity index (χ4v) is 2.52. The predicted molar refractivity (Wildman–Crippen MR) is 69.8 cm³/mol. The molecule has 1 aliphatic rings. The molecule has 1 saturated carbocycles. The van der Waals surface area contributed by atoms with Gasteiger partial charge in [0.15, 0.2) is 0 Å². The Kier molecular flexibility index (Phi) is 5.07. The molecular formula is C14H22N2O3. The van der Waals surface area contributed by atoms with Gasteiger partial charge in [0.1, 0.15) is 11.9 Å². The number of aromatic nitrogens is 2. The third kappa shape index (κ3) is 3.41. The topological polar surface area (TPSA) is 65.2 Å². The number of nitrogens with zero attached hydrogens (tertiary/aromatic N) is 2. The average Bonchev–Trinajstić information content (AvgIpc) is 2.79. The zero-order valence-electron chi connectivity index (χ0n) is 11.7. The van der Waals surface area contributed by atoms with E-state index in [2.05, 4.69) is 10.1 Å². The van der Waals surface area contributed by atoms with Crippen LogP contribution in [0.15, 0.2) is 4.52 Å². The van der Waals surface area contributed by atoms with Crippen molar-refractivity contribution in [3.63, 3.8) is 0 Å². The highest BCUT2D eigenvalue weighted by atomic mass is 16.5. The van der Waals surface area contributed by atoms with E-state index >= 15 is 0 Å². The van der Waals surface area contributed by atoms with E-state index in [1.165, 1.54) is 0 Å². The number of Topliss-reactive ketones (excluding diaryl/α,β-unsaturated/α-hetero) is 1. The molecule has 0 N–H and O–H groups in total. The molecule has 5 nitrogen and oxygen atoms in total. The minimum atomic E-state index is -0.206. The molecule has 0 aliphatic heterocycles. The molecule has 2 unspecified atom stereocenters. The number of hydrogen-bond acceptors (Lipinski definition) is 5. The van der Waals surface area contributed by atoms with Crippen molar-refractivity contribution in [2.45, 2.75) is 64.4 Å². The molecule has 0 aromatic carbocycles. The van der Waals surface area contributed by atoms with Crippen LogP contribution in [0.5, 0.6) is 0 Å². The van der Waals surface area contributed by atoms with Gasteiger partial charge in [0.2, 0.25) is 11.7 Å². The fourth-order valence-electron chi connectivity index (χ4n) is 2.52. The molecule has 19 heavy (non-hydrogen) atoms. The maximum Gasteiger partial charge on any atom is 0.237 e. The first-order valence-electron chi connectivity index (χ1n) is 7.24. The van der Waals surface area contributed by atoms with Crippen molar-refractivity contribution < 1.29 is 14.1 Å². The minimum absolute atomic E-state index is 0.136. The molecule has 2 rings (SSSR count). The maximum absolute atomic E-state index is 12.0. The highest BCUT2D eigenvalue weighted by Gasteiger charge is 2.28. The molecule has 106 valence electrons. The molecule has 1 heterocycles. The lowest BCUT2D eigenvalue weighted by Crippen LogP contribution is -2.11. The fraction of sp³-hybridized carbons (Fsp3) is 0.786.